The number of ketones is 1. The van der Waals surface area contributed by atoms with Gasteiger partial charge in [-0.15, -0.1) is 0 Å². The second kappa shape index (κ2) is 9.79. The minimum atomic E-state index is -3.37. The highest BCUT2D eigenvalue weighted by Crippen LogP contribution is 2.46. The molecule has 0 aliphatic carbocycles. The maximum atomic E-state index is 12.7. The number of hydrogen-bond donors (Lipinski definition) is 0. The summed E-state index contributed by atoms with van der Waals surface area (Å²) in [4.78, 5) is 14.8. The summed E-state index contributed by atoms with van der Waals surface area (Å²) in [5.41, 5.74) is 2.23. The van der Waals surface area contributed by atoms with Crippen LogP contribution in [0, 0.1) is 0 Å². The van der Waals surface area contributed by atoms with Gasteiger partial charge in [0, 0.05) is 27.3 Å². The Morgan fingerprint density at radius 3 is 1.73 bits per heavy atom. The van der Waals surface area contributed by atoms with Gasteiger partial charge in [0.15, 0.2) is 5.78 Å². The van der Waals surface area contributed by atoms with Gasteiger partial charge in [0.25, 0.3) is 0 Å². The zero-order valence-corrected chi connectivity index (χ0v) is 16.4. The molecule has 0 amide bonds. The van der Waals surface area contributed by atoms with Crippen molar-refractivity contribution in [3.8, 4) is 0 Å². The van der Waals surface area contributed by atoms with Gasteiger partial charge in [-0.05, 0) is 18.1 Å². The SMILES string of the molecule is COP(=O)(CC(=O)[C@H](C)N(Cc1ccccc1)Cc1ccccc1)OC. The highest BCUT2D eigenvalue weighted by Gasteiger charge is 2.31. The predicted octanol–water partition coefficient (Wildman–Crippen LogP) is 4.13. The minimum absolute atomic E-state index is 0.163. The van der Waals surface area contributed by atoms with Crippen LogP contribution in [-0.2, 0) is 31.5 Å². The highest BCUT2D eigenvalue weighted by atomic mass is 31.2. The average molecular weight is 375 g/mol. The molecule has 0 unspecified atom stereocenters. The lowest BCUT2D eigenvalue weighted by molar-refractivity contribution is -0.122. The summed E-state index contributed by atoms with van der Waals surface area (Å²) in [7, 11) is -0.773. The molecular formula is C20H26NO4P. The third-order valence-electron chi connectivity index (χ3n) is 4.38. The van der Waals surface area contributed by atoms with Crippen LogP contribution in [0.5, 0.6) is 0 Å². The van der Waals surface area contributed by atoms with Crippen molar-refractivity contribution in [2.75, 3.05) is 20.4 Å². The lowest BCUT2D eigenvalue weighted by atomic mass is 10.1. The van der Waals surface area contributed by atoms with Crippen LogP contribution in [0.15, 0.2) is 60.7 Å². The number of benzene rings is 2. The molecule has 0 saturated heterocycles. The predicted molar refractivity (Wildman–Crippen MR) is 103 cm³/mol. The summed E-state index contributed by atoms with van der Waals surface area (Å²) < 4.78 is 22.2. The molecule has 1 atom stereocenters. The maximum Gasteiger partial charge on any atom is 0.337 e. The summed E-state index contributed by atoms with van der Waals surface area (Å²) in [5.74, 6) is -0.163. The number of nitrogens with zero attached hydrogens (tertiary/aromatic N) is 1. The van der Waals surface area contributed by atoms with Crippen molar-refractivity contribution in [1.82, 2.24) is 4.90 Å². The monoisotopic (exact) mass is 375 g/mol. The minimum Gasteiger partial charge on any atom is -0.312 e. The van der Waals surface area contributed by atoms with Crippen molar-refractivity contribution in [2.24, 2.45) is 0 Å². The van der Waals surface area contributed by atoms with E-state index < -0.39 is 13.6 Å². The van der Waals surface area contributed by atoms with E-state index >= 15 is 0 Å². The van der Waals surface area contributed by atoms with Crippen LogP contribution >= 0.6 is 7.60 Å². The van der Waals surface area contributed by atoms with Crippen molar-refractivity contribution in [2.45, 2.75) is 26.1 Å². The number of Topliss-reactive ketones (excluding diaryl/α,β-unsaturated/α-hetero) is 1. The number of rotatable bonds is 10. The van der Waals surface area contributed by atoms with E-state index in [1.54, 1.807) is 0 Å². The largest absolute Gasteiger partial charge is 0.337 e. The Morgan fingerprint density at radius 2 is 1.35 bits per heavy atom. The van der Waals surface area contributed by atoms with E-state index in [9.17, 15) is 9.36 Å². The summed E-state index contributed by atoms with van der Waals surface area (Å²) in [6.07, 6.45) is -0.235. The summed E-state index contributed by atoms with van der Waals surface area (Å²) in [6, 6.07) is 19.6. The van der Waals surface area contributed by atoms with Gasteiger partial charge in [0.2, 0.25) is 0 Å². The van der Waals surface area contributed by atoms with Gasteiger partial charge in [-0.1, -0.05) is 60.7 Å². The third kappa shape index (κ3) is 5.89. The molecule has 6 heteroatoms. The molecule has 0 spiro atoms. The fraction of sp³-hybridized carbons (Fsp3) is 0.350. The quantitative estimate of drug-likeness (QED) is 0.585. The Balaban J connectivity index is 2.18. The molecule has 0 saturated carbocycles. The van der Waals surface area contributed by atoms with E-state index in [4.69, 9.17) is 9.05 Å². The van der Waals surface area contributed by atoms with E-state index in [1.807, 2.05) is 67.6 Å². The second-order valence-corrected chi connectivity index (χ2v) is 8.42. The van der Waals surface area contributed by atoms with Crippen LogP contribution in [-0.4, -0.2) is 37.1 Å². The molecule has 0 fully saturated rings. The summed E-state index contributed by atoms with van der Waals surface area (Å²) in [5, 5.41) is 0. The average Bonchev–Trinajstić information content (AvgIpc) is 2.68. The number of carbonyl (C=O) groups is 1. The Kier molecular flexibility index (Phi) is 7.73. The Labute approximate surface area is 155 Å². The van der Waals surface area contributed by atoms with E-state index in [1.165, 1.54) is 14.2 Å². The van der Waals surface area contributed by atoms with Gasteiger partial charge < -0.3 is 9.05 Å². The Hall–Kier alpha value is -1.78. The molecule has 5 nitrogen and oxygen atoms in total. The fourth-order valence-corrected chi connectivity index (χ4v) is 3.75. The first-order valence-corrected chi connectivity index (χ1v) is 10.3. The molecule has 2 rings (SSSR count). The van der Waals surface area contributed by atoms with Gasteiger partial charge >= 0.3 is 7.60 Å². The molecule has 0 aromatic heterocycles. The van der Waals surface area contributed by atoms with Crippen LogP contribution < -0.4 is 0 Å². The smallest absolute Gasteiger partial charge is 0.312 e. The third-order valence-corrected chi connectivity index (χ3v) is 6.19. The van der Waals surface area contributed by atoms with Crippen LogP contribution in [0.2, 0.25) is 0 Å². The van der Waals surface area contributed by atoms with Gasteiger partial charge in [0.1, 0.15) is 6.16 Å². The first-order valence-electron chi connectivity index (χ1n) is 8.52. The molecule has 2 aromatic rings. The molecule has 0 N–H and O–H groups in total. The fourth-order valence-electron chi connectivity index (χ4n) is 2.70. The highest BCUT2D eigenvalue weighted by molar-refractivity contribution is 7.54. The van der Waals surface area contributed by atoms with Crippen molar-refractivity contribution < 1.29 is 18.4 Å². The van der Waals surface area contributed by atoms with Crippen LogP contribution in [0.25, 0.3) is 0 Å². The standard InChI is InChI=1S/C20H26NO4P/c1-17(20(22)16-26(23,24-2)25-3)21(14-18-10-6-4-7-11-18)15-19-12-8-5-9-13-19/h4-13,17H,14-16H2,1-3H3/t17-/m0/s1. The Bertz CT molecular complexity index is 686. The van der Waals surface area contributed by atoms with E-state index in [2.05, 4.69) is 4.90 Å². The van der Waals surface area contributed by atoms with Crippen LogP contribution in [0.3, 0.4) is 0 Å². The molecule has 0 radical (unpaired) electrons. The van der Waals surface area contributed by atoms with Gasteiger partial charge in [-0.25, -0.2) is 0 Å². The normalized spacial score (nSPS) is 12.9. The summed E-state index contributed by atoms with van der Waals surface area (Å²) >= 11 is 0. The van der Waals surface area contributed by atoms with Crippen molar-refractivity contribution >= 4 is 13.4 Å². The lowest BCUT2D eigenvalue weighted by Gasteiger charge is -2.29. The molecular weight excluding hydrogens is 349 g/mol. The molecule has 0 heterocycles. The second-order valence-electron chi connectivity index (χ2n) is 6.15. The van der Waals surface area contributed by atoms with Crippen LogP contribution in [0.1, 0.15) is 18.1 Å². The van der Waals surface area contributed by atoms with E-state index in [-0.39, 0.29) is 11.9 Å². The molecule has 140 valence electrons. The molecule has 26 heavy (non-hydrogen) atoms. The van der Waals surface area contributed by atoms with E-state index in [0.29, 0.717) is 13.1 Å². The zero-order valence-electron chi connectivity index (χ0n) is 15.5. The first kappa shape index (κ1) is 20.5. The molecule has 0 bridgehead atoms. The number of carbonyl (C=O) groups excluding carboxylic acids is 1. The first-order chi connectivity index (χ1) is 12.5. The lowest BCUT2D eigenvalue weighted by Crippen LogP contribution is -2.39. The van der Waals surface area contributed by atoms with Crippen LogP contribution in [0.4, 0.5) is 0 Å². The zero-order chi connectivity index (χ0) is 19.0. The maximum absolute atomic E-state index is 12.7. The molecule has 0 aliphatic heterocycles. The van der Waals surface area contributed by atoms with Crippen molar-refractivity contribution in [3.63, 3.8) is 0 Å². The number of hydrogen-bond acceptors (Lipinski definition) is 5. The topological polar surface area (TPSA) is 55.8 Å². The Morgan fingerprint density at radius 1 is 0.923 bits per heavy atom. The molecule has 0 aliphatic rings. The van der Waals surface area contributed by atoms with E-state index in [0.717, 1.165) is 11.1 Å². The van der Waals surface area contributed by atoms with Gasteiger partial charge in [0.05, 0.1) is 6.04 Å². The van der Waals surface area contributed by atoms with Crippen molar-refractivity contribution in [1.29, 1.82) is 0 Å². The van der Waals surface area contributed by atoms with Gasteiger partial charge in [-0.3, -0.25) is 14.3 Å². The van der Waals surface area contributed by atoms with Gasteiger partial charge in [-0.2, -0.15) is 0 Å². The van der Waals surface area contributed by atoms with Crippen molar-refractivity contribution in [3.05, 3.63) is 71.8 Å². The summed E-state index contributed by atoms with van der Waals surface area (Å²) in [6.45, 7) is 3.07. The molecule has 2 aromatic carbocycles.